The van der Waals surface area contributed by atoms with E-state index in [1.807, 2.05) is 10.8 Å². The molecule has 0 fully saturated rings. The van der Waals surface area contributed by atoms with Crippen LogP contribution in [0.2, 0.25) is 0 Å². The lowest BCUT2D eigenvalue weighted by Crippen LogP contribution is -2.13. The zero-order chi connectivity index (χ0) is 15.1. The third-order valence-electron chi connectivity index (χ3n) is 2.42. The normalized spacial score (nSPS) is 12.8. The summed E-state index contributed by atoms with van der Waals surface area (Å²) in [6.07, 6.45) is 0.891. The van der Waals surface area contributed by atoms with Gasteiger partial charge in [-0.3, -0.25) is 0 Å². The molecule has 0 unspecified atom stereocenters. The first kappa shape index (κ1) is 15.4. The van der Waals surface area contributed by atoms with Crippen molar-refractivity contribution < 1.29 is 22.1 Å². The fraction of sp³-hybridized carbons (Fsp3) is 0.143. The van der Waals surface area contributed by atoms with Gasteiger partial charge in [0, 0.05) is 10.8 Å². The molecule has 0 saturated heterocycles. The smallest absolute Gasteiger partial charge is 0.338 e. The average molecular weight is 326 g/mol. The van der Waals surface area contributed by atoms with Crippen molar-refractivity contribution in [3.05, 3.63) is 53.9 Å². The van der Waals surface area contributed by atoms with Crippen molar-refractivity contribution in [2.75, 3.05) is 13.2 Å². The second-order valence-electron chi connectivity index (χ2n) is 3.83. The van der Waals surface area contributed by atoms with Crippen LogP contribution in [-0.2, 0) is 14.3 Å². The maximum Gasteiger partial charge on any atom is 0.338 e. The monoisotopic (exact) mass is 326 g/mol. The van der Waals surface area contributed by atoms with E-state index in [9.17, 15) is 8.42 Å². The van der Waals surface area contributed by atoms with Crippen LogP contribution in [0.4, 0.5) is 0 Å². The van der Waals surface area contributed by atoms with Gasteiger partial charge in [0.25, 0.3) is 0 Å². The molecule has 0 aliphatic carbocycles. The van der Waals surface area contributed by atoms with E-state index in [2.05, 4.69) is 10.8 Å². The van der Waals surface area contributed by atoms with Gasteiger partial charge < -0.3 is 13.7 Å². The maximum atomic E-state index is 11.1. The number of fused-ring (bicyclic) bond motifs is 1. The van der Waals surface area contributed by atoms with Crippen molar-refractivity contribution in [3.63, 3.8) is 0 Å². The van der Waals surface area contributed by atoms with Gasteiger partial charge in [-0.05, 0) is 12.1 Å². The summed E-state index contributed by atoms with van der Waals surface area (Å²) in [5.41, 5.74) is 0. The van der Waals surface area contributed by atoms with Crippen LogP contribution in [0.5, 0.6) is 11.5 Å². The fourth-order valence-corrected chi connectivity index (χ4v) is 2.98. The molecule has 0 atom stereocenters. The largest absolute Gasteiger partial charge is 0.485 e. The van der Waals surface area contributed by atoms with Crippen molar-refractivity contribution >= 4 is 21.5 Å². The Morgan fingerprint density at radius 3 is 2.19 bits per heavy atom. The topological polar surface area (TPSA) is 61.8 Å². The van der Waals surface area contributed by atoms with Crippen molar-refractivity contribution in [1.82, 2.24) is 0 Å². The maximum absolute atomic E-state index is 11.1. The molecule has 0 spiro atoms. The van der Waals surface area contributed by atoms with Gasteiger partial charge in [-0.15, -0.1) is 11.3 Å². The van der Waals surface area contributed by atoms with E-state index in [1.165, 1.54) is 12.1 Å². The second-order valence-corrected chi connectivity index (χ2v) is 6.14. The Labute approximate surface area is 127 Å². The standard InChI is InChI=1S/C8H8O3S.C6H6O2S/c1-2-11-12(9,10)8-6-4-3-5-7-8;1-2-8-6-4-9-3-5(6)7-1/h2-7H,1H2;3-4H,1-2H2. The van der Waals surface area contributed by atoms with E-state index in [1.54, 1.807) is 29.5 Å². The molecule has 1 aromatic carbocycles. The van der Waals surface area contributed by atoms with Crippen LogP contribution < -0.4 is 9.47 Å². The highest BCUT2D eigenvalue weighted by atomic mass is 32.2. The van der Waals surface area contributed by atoms with E-state index in [4.69, 9.17) is 9.47 Å². The van der Waals surface area contributed by atoms with Crippen LogP contribution >= 0.6 is 11.3 Å². The van der Waals surface area contributed by atoms with Gasteiger partial charge in [0.05, 0.1) is 6.26 Å². The first-order valence-corrected chi connectivity index (χ1v) is 8.39. The molecule has 0 radical (unpaired) electrons. The van der Waals surface area contributed by atoms with Crippen molar-refractivity contribution in [3.8, 4) is 11.5 Å². The van der Waals surface area contributed by atoms with Gasteiger partial charge in [0.15, 0.2) is 11.5 Å². The third-order valence-corrected chi connectivity index (χ3v) is 4.36. The molecular weight excluding hydrogens is 312 g/mol. The highest BCUT2D eigenvalue weighted by molar-refractivity contribution is 7.86. The van der Waals surface area contributed by atoms with E-state index in [-0.39, 0.29) is 4.90 Å². The minimum atomic E-state index is -3.63. The molecule has 112 valence electrons. The van der Waals surface area contributed by atoms with Crippen molar-refractivity contribution in [2.45, 2.75) is 4.90 Å². The van der Waals surface area contributed by atoms with Gasteiger partial charge >= 0.3 is 10.1 Å². The van der Waals surface area contributed by atoms with Crippen LogP contribution in [0.25, 0.3) is 0 Å². The summed E-state index contributed by atoms with van der Waals surface area (Å²) in [7, 11) is -3.63. The van der Waals surface area contributed by atoms with Gasteiger partial charge in [-0.25, -0.2) is 0 Å². The first-order chi connectivity index (χ1) is 10.1. The molecule has 0 bridgehead atoms. The zero-order valence-electron chi connectivity index (χ0n) is 11.1. The fourth-order valence-electron chi connectivity index (χ4n) is 1.52. The highest BCUT2D eigenvalue weighted by Gasteiger charge is 2.12. The predicted octanol–water partition coefficient (Wildman–Crippen LogP) is 3.05. The molecule has 21 heavy (non-hydrogen) atoms. The minimum absolute atomic E-state index is 0.130. The number of hydrogen-bond donors (Lipinski definition) is 0. The van der Waals surface area contributed by atoms with E-state index >= 15 is 0 Å². The highest BCUT2D eigenvalue weighted by Crippen LogP contribution is 2.33. The Bertz CT molecular complexity index is 656. The molecule has 0 saturated carbocycles. The Hall–Kier alpha value is -1.99. The SMILES string of the molecule is C=COS(=O)(=O)c1ccccc1.c1scc2c1OCCO2. The number of thiophene rings is 1. The van der Waals surface area contributed by atoms with Gasteiger partial charge in [-0.1, -0.05) is 24.8 Å². The molecule has 5 nitrogen and oxygen atoms in total. The van der Waals surface area contributed by atoms with Gasteiger partial charge in [-0.2, -0.15) is 8.42 Å². The number of rotatable bonds is 3. The van der Waals surface area contributed by atoms with Crippen LogP contribution in [0.3, 0.4) is 0 Å². The predicted molar refractivity (Wildman–Crippen MR) is 80.2 cm³/mol. The molecule has 1 aromatic heterocycles. The lowest BCUT2D eigenvalue weighted by molar-refractivity contribution is 0.173. The number of ether oxygens (including phenoxy) is 2. The van der Waals surface area contributed by atoms with Gasteiger partial charge in [0.2, 0.25) is 0 Å². The molecular formula is C14H14O5S2. The molecule has 0 N–H and O–H groups in total. The summed E-state index contributed by atoms with van der Waals surface area (Å²) < 4.78 is 37.1. The summed E-state index contributed by atoms with van der Waals surface area (Å²) in [5, 5.41) is 3.91. The summed E-state index contributed by atoms with van der Waals surface area (Å²) >= 11 is 1.61. The molecule has 1 aliphatic heterocycles. The van der Waals surface area contributed by atoms with Crippen molar-refractivity contribution in [1.29, 1.82) is 0 Å². The molecule has 7 heteroatoms. The third kappa shape index (κ3) is 4.24. The molecule has 3 rings (SSSR count). The van der Waals surface area contributed by atoms with E-state index in [0.29, 0.717) is 13.2 Å². The summed E-state index contributed by atoms with van der Waals surface area (Å²) in [6, 6.07) is 7.89. The second kappa shape index (κ2) is 7.14. The lowest BCUT2D eigenvalue weighted by atomic mass is 10.4. The quantitative estimate of drug-likeness (QED) is 0.641. The number of hydrogen-bond acceptors (Lipinski definition) is 6. The summed E-state index contributed by atoms with van der Waals surface area (Å²) in [5.74, 6) is 1.79. The Kier molecular flexibility index (Phi) is 5.24. The van der Waals surface area contributed by atoms with E-state index in [0.717, 1.165) is 17.8 Å². The Balaban J connectivity index is 0.000000159. The lowest BCUT2D eigenvalue weighted by Gasteiger charge is -2.13. The van der Waals surface area contributed by atoms with Crippen LogP contribution in [0.1, 0.15) is 0 Å². The van der Waals surface area contributed by atoms with Crippen LogP contribution in [0.15, 0.2) is 58.8 Å². The molecule has 0 amide bonds. The summed E-state index contributed by atoms with van der Waals surface area (Å²) in [6.45, 7) is 4.54. The van der Waals surface area contributed by atoms with Crippen LogP contribution in [0, 0.1) is 0 Å². The van der Waals surface area contributed by atoms with Gasteiger partial charge in [0.1, 0.15) is 18.1 Å². The number of benzene rings is 1. The molecule has 2 heterocycles. The Morgan fingerprint density at radius 2 is 1.67 bits per heavy atom. The Morgan fingerprint density at radius 1 is 1.10 bits per heavy atom. The molecule has 2 aromatic rings. The minimum Gasteiger partial charge on any atom is -0.485 e. The van der Waals surface area contributed by atoms with E-state index < -0.39 is 10.1 Å². The zero-order valence-corrected chi connectivity index (χ0v) is 12.7. The first-order valence-electron chi connectivity index (χ1n) is 6.04. The molecule has 1 aliphatic rings. The van der Waals surface area contributed by atoms with Crippen molar-refractivity contribution in [2.24, 2.45) is 0 Å². The summed E-state index contributed by atoms with van der Waals surface area (Å²) in [4.78, 5) is 0.130. The average Bonchev–Trinajstić information content (AvgIpc) is 2.97. The van der Waals surface area contributed by atoms with Crippen LogP contribution in [-0.4, -0.2) is 21.6 Å².